The number of likely N-dealkylation sites (N-methyl/N-ethyl adjacent to an activating group) is 1. The number of aromatic nitrogens is 1. The van der Waals surface area contributed by atoms with Gasteiger partial charge in [0.1, 0.15) is 11.9 Å². The summed E-state index contributed by atoms with van der Waals surface area (Å²) in [6, 6.07) is 12.2. The van der Waals surface area contributed by atoms with Crippen molar-refractivity contribution < 1.29 is 14.3 Å². The molecule has 3 aliphatic heterocycles. The molecule has 0 radical (unpaired) electrons. The lowest BCUT2D eigenvalue weighted by Gasteiger charge is -2.44. The zero-order valence-electron chi connectivity index (χ0n) is 20.7. The van der Waals surface area contributed by atoms with Gasteiger partial charge in [0, 0.05) is 70.8 Å². The second-order valence-corrected chi connectivity index (χ2v) is 9.53. The highest BCUT2D eigenvalue weighted by Crippen LogP contribution is 2.38. The molecule has 2 fully saturated rings. The fourth-order valence-corrected chi connectivity index (χ4v) is 5.30. The van der Waals surface area contributed by atoms with Gasteiger partial charge >= 0.3 is 0 Å². The van der Waals surface area contributed by atoms with Gasteiger partial charge in [0.2, 0.25) is 11.8 Å². The molecule has 35 heavy (non-hydrogen) atoms. The first-order valence-electron chi connectivity index (χ1n) is 12.4. The van der Waals surface area contributed by atoms with Gasteiger partial charge in [-0.15, -0.1) is 0 Å². The Labute approximate surface area is 206 Å². The first-order valence-corrected chi connectivity index (χ1v) is 12.4. The predicted octanol–water partition coefficient (Wildman–Crippen LogP) is 2.84. The first-order chi connectivity index (χ1) is 16.9. The number of fused-ring (bicyclic) bond motifs is 1. The van der Waals surface area contributed by atoms with E-state index in [-0.39, 0.29) is 23.9 Å². The Bertz CT molecular complexity index is 1080. The molecule has 0 spiro atoms. The number of hydrogen-bond acceptors (Lipinski definition) is 7. The lowest BCUT2D eigenvalue weighted by molar-refractivity contribution is -0.129. The normalized spacial score (nSPS) is 21.2. The van der Waals surface area contributed by atoms with Gasteiger partial charge in [-0.05, 0) is 56.2 Å². The van der Waals surface area contributed by atoms with Crippen molar-refractivity contribution in [2.75, 3.05) is 66.5 Å². The minimum absolute atomic E-state index is 0.0891. The maximum Gasteiger partial charge on any atom is 0.249 e. The number of carbonyl (C=O) groups excluding carboxylic acids is 2. The zero-order chi connectivity index (χ0) is 24.5. The standard InChI is InChI=1S/C26H34N6O3/c1-18-26(34)29(3)23-8-9-24(28-25(23)32(18)22-10-16-35-17-11-22)27-20-4-6-21(7-5-20)31-14-12-30(13-15-31)19(2)33/h4-9,18,22H,10-17H2,1-3H3,(H,27,28). The Morgan fingerprint density at radius 2 is 1.71 bits per heavy atom. The molecule has 1 atom stereocenters. The van der Waals surface area contributed by atoms with Crippen LogP contribution in [0.25, 0.3) is 0 Å². The van der Waals surface area contributed by atoms with Crippen LogP contribution in [0.1, 0.15) is 26.7 Å². The van der Waals surface area contributed by atoms with E-state index in [1.54, 1.807) is 11.8 Å². The summed E-state index contributed by atoms with van der Waals surface area (Å²) in [5.74, 6) is 1.82. The Kier molecular flexibility index (Phi) is 6.51. The van der Waals surface area contributed by atoms with Crippen LogP contribution in [-0.2, 0) is 14.3 Å². The van der Waals surface area contributed by atoms with Crippen molar-refractivity contribution in [3.63, 3.8) is 0 Å². The van der Waals surface area contributed by atoms with Gasteiger partial charge in [-0.3, -0.25) is 9.59 Å². The molecule has 9 heteroatoms. The third-order valence-corrected chi connectivity index (χ3v) is 7.38. The average Bonchev–Trinajstić information content (AvgIpc) is 2.88. The first kappa shape index (κ1) is 23.4. The number of hydrogen-bond donors (Lipinski definition) is 1. The lowest BCUT2D eigenvalue weighted by Crippen LogP contribution is -2.56. The zero-order valence-corrected chi connectivity index (χ0v) is 20.7. The Hall–Kier alpha value is -3.33. The maximum absolute atomic E-state index is 12.9. The highest BCUT2D eigenvalue weighted by atomic mass is 16.5. The molecule has 9 nitrogen and oxygen atoms in total. The molecule has 3 aliphatic rings. The fraction of sp³-hybridized carbons (Fsp3) is 0.500. The Morgan fingerprint density at radius 3 is 2.37 bits per heavy atom. The van der Waals surface area contributed by atoms with E-state index >= 15 is 0 Å². The lowest BCUT2D eigenvalue weighted by atomic mass is 10.0. The van der Waals surface area contributed by atoms with E-state index in [9.17, 15) is 9.59 Å². The van der Waals surface area contributed by atoms with Gasteiger partial charge in [-0.1, -0.05) is 0 Å². The number of nitrogens with one attached hydrogen (secondary N) is 1. The highest BCUT2D eigenvalue weighted by Gasteiger charge is 2.39. The molecule has 2 aromatic rings. The van der Waals surface area contributed by atoms with Gasteiger partial charge in [-0.2, -0.15) is 0 Å². The van der Waals surface area contributed by atoms with Crippen LogP contribution in [0.2, 0.25) is 0 Å². The summed E-state index contributed by atoms with van der Waals surface area (Å²) in [6.07, 6.45) is 1.78. The molecule has 2 amide bonds. The minimum atomic E-state index is -0.263. The number of benzene rings is 1. The number of ether oxygens (including phenoxy) is 1. The summed E-state index contributed by atoms with van der Waals surface area (Å²) in [5.41, 5.74) is 2.94. The summed E-state index contributed by atoms with van der Waals surface area (Å²) in [5, 5.41) is 3.43. The van der Waals surface area contributed by atoms with Crippen LogP contribution in [0, 0.1) is 0 Å². The van der Waals surface area contributed by atoms with Gasteiger partial charge in [0.25, 0.3) is 0 Å². The largest absolute Gasteiger partial charge is 0.381 e. The Morgan fingerprint density at radius 1 is 1.03 bits per heavy atom. The van der Waals surface area contributed by atoms with E-state index in [2.05, 4.69) is 39.4 Å². The van der Waals surface area contributed by atoms with E-state index in [1.807, 2.05) is 31.0 Å². The molecule has 0 aliphatic carbocycles. The van der Waals surface area contributed by atoms with Crippen LogP contribution < -0.4 is 20.0 Å². The van der Waals surface area contributed by atoms with Gasteiger partial charge < -0.3 is 29.7 Å². The van der Waals surface area contributed by atoms with E-state index < -0.39 is 0 Å². The predicted molar refractivity (Wildman–Crippen MR) is 138 cm³/mol. The molecular weight excluding hydrogens is 444 g/mol. The number of carbonyl (C=O) groups is 2. The van der Waals surface area contributed by atoms with Crippen LogP contribution in [0.15, 0.2) is 36.4 Å². The molecule has 1 aromatic heterocycles. The topological polar surface area (TPSA) is 81.3 Å². The van der Waals surface area contributed by atoms with Crippen molar-refractivity contribution >= 4 is 40.5 Å². The molecular formula is C26H34N6O3. The number of anilines is 5. The van der Waals surface area contributed by atoms with Gasteiger partial charge in [-0.25, -0.2) is 4.98 Å². The number of pyridine rings is 1. The molecule has 1 unspecified atom stereocenters. The monoisotopic (exact) mass is 478 g/mol. The van der Waals surface area contributed by atoms with Crippen molar-refractivity contribution in [1.29, 1.82) is 0 Å². The molecule has 186 valence electrons. The van der Waals surface area contributed by atoms with E-state index in [4.69, 9.17) is 9.72 Å². The smallest absolute Gasteiger partial charge is 0.249 e. The van der Waals surface area contributed by atoms with Crippen molar-refractivity contribution in [3.8, 4) is 0 Å². The fourth-order valence-electron chi connectivity index (χ4n) is 5.30. The summed E-state index contributed by atoms with van der Waals surface area (Å²) >= 11 is 0. The number of nitrogens with zero attached hydrogens (tertiary/aromatic N) is 5. The maximum atomic E-state index is 12.9. The van der Waals surface area contributed by atoms with Crippen molar-refractivity contribution in [1.82, 2.24) is 9.88 Å². The number of rotatable bonds is 4. The van der Waals surface area contributed by atoms with Crippen LogP contribution in [-0.4, -0.2) is 80.2 Å². The summed E-state index contributed by atoms with van der Waals surface area (Å²) in [6.45, 7) is 8.21. The SMILES string of the molecule is CC(=O)N1CCN(c2ccc(Nc3ccc4c(n3)N(C3CCOCC3)C(C)C(=O)N4C)cc2)CC1. The van der Waals surface area contributed by atoms with Crippen molar-refractivity contribution in [3.05, 3.63) is 36.4 Å². The van der Waals surface area contributed by atoms with E-state index in [1.165, 1.54) is 0 Å². The second kappa shape index (κ2) is 9.73. The van der Waals surface area contributed by atoms with Crippen molar-refractivity contribution in [2.24, 2.45) is 0 Å². The van der Waals surface area contributed by atoms with Crippen LogP contribution >= 0.6 is 0 Å². The van der Waals surface area contributed by atoms with E-state index in [0.717, 1.165) is 67.7 Å². The second-order valence-electron chi connectivity index (χ2n) is 9.53. The summed E-state index contributed by atoms with van der Waals surface area (Å²) in [7, 11) is 1.82. The van der Waals surface area contributed by atoms with E-state index in [0.29, 0.717) is 13.2 Å². The molecule has 1 aromatic carbocycles. The minimum Gasteiger partial charge on any atom is -0.381 e. The van der Waals surface area contributed by atoms with Crippen LogP contribution in [0.5, 0.6) is 0 Å². The molecule has 2 saturated heterocycles. The molecule has 4 heterocycles. The molecule has 1 N–H and O–H groups in total. The number of amides is 2. The highest BCUT2D eigenvalue weighted by molar-refractivity contribution is 6.04. The Balaban J connectivity index is 1.33. The summed E-state index contributed by atoms with van der Waals surface area (Å²) in [4.78, 5) is 37.6. The van der Waals surface area contributed by atoms with Crippen LogP contribution in [0.3, 0.4) is 0 Å². The number of piperazine rings is 1. The average molecular weight is 479 g/mol. The third-order valence-electron chi connectivity index (χ3n) is 7.38. The molecule has 0 saturated carbocycles. The third kappa shape index (κ3) is 4.65. The van der Waals surface area contributed by atoms with Gasteiger partial charge in [0.15, 0.2) is 5.82 Å². The molecule has 5 rings (SSSR count). The summed E-state index contributed by atoms with van der Waals surface area (Å²) < 4.78 is 5.56. The van der Waals surface area contributed by atoms with Gasteiger partial charge in [0.05, 0.1) is 5.69 Å². The molecule has 0 bridgehead atoms. The van der Waals surface area contributed by atoms with Crippen LogP contribution in [0.4, 0.5) is 28.7 Å². The van der Waals surface area contributed by atoms with Crippen molar-refractivity contribution in [2.45, 2.75) is 38.8 Å². The quantitative estimate of drug-likeness (QED) is 0.724.